The highest BCUT2D eigenvalue weighted by molar-refractivity contribution is 5.75. The highest BCUT2D eigenvalue weighted by Crippen LogP contribution is 2.36. The minimum atomic E-state index is -0.714. The Balaban J connectivity index is 2.46. The van der Waals surface area contributed by atoms with Gasteiger partial charge in [-0.25, -0.2) is 0 Å². The molecule has 0 fully saturated rings. The Labute approximate surface area is 109 Å². The fourth-order valence-corrected chi connectivity index (χ4v) is 2.27. The van der Waals surface area contributed by atoms with E-state index in [1.54, 1.807) is 18.3 Å². The van der Waals surface area contributed by atoms with Crippen molar-refractivity contribution >= 4 is 11.3 Å². The average molecular weight is 259 g/mol. The Morgan fingerprint density at radius 2 is 2.37 bits per heavy atom. The lowest BCUT2D eigenvalue weighted by Crippen LogP contribution is -2.32. The number of nitroso groups, excluding NO2 is 1. The van der Waals surface area contributed by atoms with Gasteiger partial charge >= 0.3 is 0 Å². The summed E-state index contributed by atoms with van der Waals surface area (Å²) >= 11 is 0. The quantitative estimate of drug-likeness (QED) is 0.389. The van der Waals surface area contributed by atoms with Crippen molar-refractivity contribution in [2.24, 2.45) is 16.2 Å². The maximum atomic E-state index is 10.8. The van der Waals surface area contributed by atoms with Gasteiger partial charge in [0.25, 0.3) is 0 Å². The largest absolute Gasteiger partial charge is 0.392 e. The van der Waals surface area contributed by atoms with Gasteiger partial charge in [-0.2, -0.15) is 0 Å². The first-order valence-corrected chi connectivity index (χ1v) is 5.88. The summed E-state index contributed by atoms with van der Waals surface area (Å²) in [6.45, 7) is 1.87. The second-order valence-corrected chi connectivity index (χ2v) is 4.54. The Kier molecular flexibility index (Phi) is 3.89. The van der Waals surface area contributed by atoms with E-state index in [4.69, 9.17) is 5.53 Å². The Bertz CT molecular complexity index is 565. The molecule has 2 rings (SSSR count). The molecule has 1 aromatic rings. The second kappa shape index (κ2) is 5.60. The number of aliphatic hydroxyl groups is 1. The van der Waals surface area contributed by atoms with Crippen LogP contribution >= 0.6 is 0 Å². The summed E-state index contributed by atoms with van der Waals surface area (Å²) < 4.78 is 0. The van der Waals surface area contributed by atoms with Crippen LogP contribution in [-0.2, 0) is 0 Å². The first-order chi connectivity index (χ1) is 9.17. The van der Waals surface area contributed by atoms with Crippen molar-refractivity contribution in [2.75, 3.05) is 0 Å². The van der Waals surface area contributed by atoms with Gasteiger partial charge in [-0.05, 0) is 34.7 Å². The minimum absolute atomic E-state index is 0.0665. The van der Waals surface area contributed by atoms with E-state index in [0.717, 1.165) is 5.57 Å². The van der Waals surface area contributed by atoms with E-state index in [-0.39, 0.29) is 11.6 Å². The molecule has 7 heteroatoms. The highest BCUT2D eigenvalue weighted by Gasteiger charge is 2.29. The number of hydrogen-bond acceptors (Lipinski definition) is 5. The zero-order valence-electron chi connectivity index (χ0n) is 10.3. The molecule has 0 saturated carbocycles. The van der Waals surface area contributed by atoms with Crippen molar-refractivity contribution < 1.29 is 5.11 Å². The van der Waals surface area contributed by atoms with E-state index in [0.29, 0.717) is 12.0 Å². The van der Waals surface area contributed by atoms with Crippen molar-refractivity contribution in [2.45, 2.75) is 25.5 Å². The molecule has 98 valence electrons. The summed E-state index contributed by atoms with van der Waals surface area (Å²) in [5.41, 5.74) is 10.3. The van der Waals surface area contributed by atoms with Crippen LogP contribution < -0.4 is 0 Å². The normalized spacial score (nSPS) is 26.2. The van der Waals surface area contributed by atoms with Crippen LogP contribution in [0.3, 0.4) is 0 Å². The van der Waals surface area contributed by atoms with Crippen molar-refractivity contribution in [3.05, 3.63) is 45.4 Å². The first kappa shape index (κ1) is 13.2. The zero-order valence-corrected chi connectivity index (χ0v) is 10.3. The lowest BCUT2D eigenvalue weighted by molar-refractivity contribution is 0.101. The predicted octanol–water partition coefficient (Wildman–Crippen LogP) is 2.94. The predicted molar refractivity (Wildman–Crippen MR) is 70.4 cm³/mol. The Hall–Kier alpha value is -2.24. The van der Waals surface area contributed by atoms with E-state index in [1.807, 2.05) is 6.92 Å². The number of aliphatic hydroxyl groups excluding tert-OH is 1. The summed E-state index contributed by atoms with van der Waals surface area (Å²) in [5, 5.41) is 16.5. The molecule has 3 atom stereocenters. The summed E-state index contributed by atoms with van der Waals surface area (Å²) in [4.78, 5) is 17.4. The third kappa shape index (κ3) is 2.62. The number of allylic oxidation sites excluding steroid dienone is 1. The lowest BCUT2D eigenvalue weighted by atomic mass is 9.82. The maximum absolute atomic E-state index is 10.8. The molecule has 0 unspecified atom stereocenters. The Morgan fingerprint density at radius 3 is 3.05 bits per heavy atom. The van der Waals surface area contributed by atoms with Gasteiger partial charge in [-0.15, -0.1) is 4.91 Å². The van der Waals surface area contributed by atoms with Gasteiger partial charge < -0.3 is 5.11 Å². The van der Waals surface area contributed by atoms with Gasteiger partial charge in [0.05, 0.1) is 18.3 Å². The van der Waals surface area contributed by atoms with Crippen molar-refractivity contribution in [3.63, 3.8) is 0 Å². The van der Waals surface area contributed by atoms with E-state index >= 15 is 0 Å². The molecule has 0 aromatic carbocycles. The minimum Gasteiger partial charge on any atom is -0.392 e. The van der Waals surface area contributed by atoms with E-state index < -0.39 is 12.1 Å². The standard InChI is InChI=1S/C12H13N5O2/c1-7-4-8(5-10(12(7)18)15-17-13)9-2-3-14-6-11(9)16-19/h2-3,5-7,10,12,18H,4H2,1H3/t7-,10+,12+/m1/s1. The molecule has 0 amide bonds. The molecule has 19 heavy (non-hydrogen) atoms. The van der Waals surface area contributed by atoms with Gasteiger partial charge in [-0.3, -0.25) is 4.98 Å². The number of azide groups is 1. The second-order valence-electron chi connectivity index (χ2n) is 4.54. The van der Waals surface area contributed by atoms with Crippen LogP contribution in [0.5, 0.6) is 0 Å². The van der Waals surface area contributed by atoms with Gasteiger partial charge in [0, 0.05) is 16.7 Å². The third-order valence-electron chi connectivity index (χ3n) is 3.28. The molecule has 1 aliphatic carbocycles. The van der Waals surface area contributed by atoms with Gasteiger partial charge in [-0.1, -0.05) is 18.1 Å². The lowest BCUT2D eigenvalue weighted by Gasteiger charge is -2.29. The SMILES string of the molecule is C[C@@H]1CC(c2ccncc2N=O)=C[C@H](N=[N+]=[N-])[C@H]1O. The van der Waals surface area contributed by atoms with Gasteiger partial charge in [0.1, 0.15) is 5.69 Å². The van der Waals surface area contributed by atoms with E-state index in [2.05, 4.69) is 20.2 Å². The van der Waals surface area contributed by atoms with Crippen LogP contribution in [0.15, 0.2) is 34.8 Å². The van der Waals surface area contributed by atoms with Crippen molar-refractivity contribution in [1.29, 1.82) is 0 Å². The fourth-order valence-electron chi connectivity index (χ4n) is 2.27. The number of aromatic nitrogens is 1. The average Bonchev–Trinajstić information content (AvgIpc) is 2.43. The number of nitrogens with zero attached hydrogens (tertiary/aromatic N) is 5. The number of hydrogen-bond donors (Lipinski definition) is 1. The first-order valence-electron chi connectivity index (χ1n) is 5.88. The number of pyridine rings is 1. The summed E-state index contributed by atoms with van der Waals surface area (Å²) in [5.74, 6) is -0.0665. The number of rotatable bonds is 3. The van der Waals surface area contributed by atoms with Crippen LogP contribution in [0.4, 0.5) is 5.69 Å². The molecule has 1 heterocycles. The van der Waals surface area contributed by atoms with Crippen LogP contribution in [0, 0.1) is 10.8 Å². The third-order valence-corrected chi connectivity index (χ3v) is 3.28. The molecule has 0 spiro atoms. The monoisotopic (exact) mass is 259 g/mol. The van der Waals surface area contributed by atoms with Crippen LogP contribution in [0.1, 0.15) is 18.9 Å². The van der Waals surface area contributed by atoms with E-state index in [9.17, 15) is 10.0 Å². The van der Waals surface area contributed by atoms with E-state index in [1.165, 1.54) is 6.20 Å². The van der Waals surface area contributed by atoms with Crippen LogP contribution in [0.25, 0.3) is 16.0 Å². The molecule has 1 aromatic heterocycles. The molecule has 0 saturated heterocycles. The van der Waals surface area contributed by atoms with Gasteiger partial charge in [0.2, 0.25) is 0 Å². The van der Waals surface area contributed by atoms with Crippen LogP contribution in [-0.4, -0.2) is 22.2 Å². The molecule has 1 aliphatic rings. The molecule has 0 bridgehead atoms. The smallest absolute Gasteiger partial charge is 0.133 e. The molecular formula is C12H13N5O2. The fraction of sp³-hybridized carbons (Fsp3) is 0.417. The van der Waals surface area contributed by atoms with Crippen LogP contribution in [0.2, 0.25) is 0 Å². The molecule has 0 radical (unpaired) electrons. The molecule has 1 N–H and O–H groups in total. The Morgan fingerprint density at radius 1 is 1.58 bits per heavy atom. The molecular weight excluding hydrogens is 246 g/mol. The molecule has 7 nitrogen and oxygen atoms in total. The summed E-state index contributed by atoms with van der Waals surface area (Å²) in [6, 6.07) is 1.07. The van der Waals surface area contributed by atoms with Gasteiger partial charge in [0.15, 0.2) is 0 Å². The van der Waals surface area contributed by atoms with Crippen molar-refractivity contribution in [3.8, 4) is 0 Å². The zero-order chi connectivity index (χ0) is 13.8. The maximum Gasteiger partial charge on any atom is 0.133 e. The highest BCUT2D eigenvalue weighted by atomic mass is 16.3. The van der Waals surface area contributed by atoms with Crippen molar-refractivity contribution in [1.82, 2.24) is 4.98 Å². The summed E-state index contributed by atoms with van der Waals surface area (Å²) in [7, 11) is 0. The topological polar surface area (TPSA) is 111 Å². The summed E-state index contributed by atoms with van der Waals surface area (Å²) in [6.07, 6.45) is 4.53. The molecule has 0 aliphatic heterocycles.